The molecule has 0 aromatic rings. The second-order valence-corrected chi connectivity index (χ2v) is 7.34. The normalized spacial score (nSPS) is 12.6. The number of hydrogen-bond acceptors (Lipinski definition) is 2. The molecule has 0 aliphatic heterocycles. The first-order valence-corrected chi connectivity index (χ1v) is 6.58. The van der Waals surface area contributed by atoms with Gasteiger partial charge < -0.3 is 5.32 Å². The molecule has 96 valence electrons. The van der Waals surface area contributed by atoms with E-state index in [0.717, 1.165) is 25.8 Å². The number of carbonyl (C=O) groups excluding carboxylic acids is 1. The van der Waals surface area contributed by atoms with Gasteiger partial charge >= 0.3 is 0 Å². The summed E-state index contributed by atoms with van der Waals surface area (Å²) >= 11 is 4.48. The highest BCUT2D eigenvalue weighted by atomic mass is 32.1. The van der Waals surface area contributed by atoms with Crippen molar-refractivity contribution >= 4 is 18.5 Å². The Morgan fingerprint density at radius 2 is 1.62 bits per heavy atom. The van der Waals surface area contributed by atoms with Gasteiger partial charge in [-0.3, -0.25) is 4.79 Å². The lowest BCUT2D eigenvalue weighted by Crippen LogP contribution is -2.35. The molecule has 0 fully saturated rings. The van der Waals surface area contributed by atoms with Gasteiger partial charge in [-0.15, -0.1) is 0 Å². The van der Waals surface area contributed by atoms with E-state index in [1.54, 1.807) is 0 Å². The van der Waals surface area contributed by atoms with E-state index in [2.05, 4.69) is 31.8 Å². The van der Waals surface area contributed by atoms with Crippen molar-refractivity contribution in [1.29, 1.82) is 0 Å². The van der Waals surface area contributed by atoms with Crippen LogP contribution in [0.5, 0.6) is 0 Å². The quantitative estimate of drug-likeness (QED) is 0.545. The lowest BCUT2D eigenvalue weighted by atomic mass is 9.95. The zero-order chi connectivity index (χ0) is 12.8. The van der Waals surface area contributed by atoms with Crippen LogP contribution in [0.15, 0.2) is 0 Å². The van der Waals surface area contributed by atoms with Crippen LogP contribution in [0.3, 0.4) is 0 Å². The molecule has 0 aliphatic carbocycles. The molecular formula is C13H27NOS. The maximum absolute atomic E-state index is 11.5. The fourth-order valence-electron chi connectivity index (χ4n) is 1.33. The Morgan fingerprint density at radius 3 is 2.06 bits per heavy atom. The lowest BCUT2D eigenvalue weighted by molar-refractivity contribution is -0.128. The van der Waals surface area contributed by atoms with Crippen molar-refractivity contribution in [3.63, 3.8) is 0 Å². The Labute approximate surface area is 106 Å². The molecule has 0 unspecified atom stereocenters. The molecule has 0 aromatic carbocycles. The van der Waals surface area contributed by atoms with Crippen LogP contribution in [0.25, 0.3) is 0 Å². The summed E-state index contributed by atoms with van der Waals surface area (Å²) in [7, 11) is 0. The Bertz CT molecular complexity index is 213. The fraction of sp³-hybridized carbons (Fsp3) is 0.923. The maximum Gasteiger partial charge on any atom is 0.225 e. The molecule has 3 heteroatoms. The minimum atomic E-state index is -0.271. The first-order valence-electron chi connectivity index (χ1n) is 6.13. The van der Waals surface area contributed by atoms with E-state index in [-0.39, 0.29) is 16.1 Å². The van der Waals surface area contributed by atoms with Gasteiger partial charge in [0, 0.05) is 16.7 Å². The predicted molar refractivity (Wildman–Crippen MR) is 74.0 cm³/mol. The summed E-state index contributed by atoms with van der Waals surface area (Å²) in [6.45, 7) is 10.9. The SMILES string of the molecule is CC(C)(S)CCCCCNC(=O)C(C)(C)C. The Hall–Kier alpha value is -0.180. The average Bonchev–Trinajstić information content (AvgIpc) is 2.07. The van der Waals surface area contributed by atoms with Crippen molar-refractivity contribution < 1.29 is 4.79 Å². The third-order valence-corrected chi connectivity index (χ3v) is 2.66. The zero-order valence-corrected chi connectivity index (χ0v) is 12.3. The van der Waals surface area contributed by atoms with Gasteiger partial charge in [-0.05, 0) is 12.8 Å². The van der Waals surface area contributed by atoms with Gasteiger partial charge in [-0.2, -0.15) is 12.6 Å². The van der Waals surface area contributed by atoms with Crippen LogP contribution in [0.4, 0.5) is 0 Å². The van der Waals surface area contributed by atoms with Crippen molar-refractivity contribution in [2.75, 3.05) is 6.54 Å². The van der Waals surface area contributed by atoms with Crippen LogP contribution < -0.4 is 5.32 Å². The van der Waals surface area contributed by atoms with Crippen LogP contribution in [0, 0.1) is 5.41 Å². The summed E-state index contributed by atoms with van der Waals surface area (Å²) < 4.78 is 0.134. The molecule has 0 atom stereocenters. The zero-order valence-electron chi connectivity index (χ0n) is 11.4. The summed E-state index contributed by atoms with van der Waals surface area (Å²) in [6, 6.07) is 0. The first-order chi connectivity index (χ1) is 7.13. The smallest absolute Gasteiger partial charge is 0.225 e. The Balaban J connectivity index is 3.45. The van der Waals surface area contributed by atoms with Crippen LogP contribution in [0.2, 0.25) is 0 Å². The predicted octanol–water partition coefficient (Wildman–Crippen LogP) is 3.42. The Kier molecular flexibility index (Phi) is 6.46. The molecule has 2 nitrogen and oxygen atoms in total. The van der Waals surface area contributed by atoms with Crippen molar-refractivity contribution in [2.24, 2.45) is 5.41 Å². The molecular weight excluding hydrogens is 218 g/mol. The summed E-state index contributed by atoms with van der Waals surface area (Å²) in [5.74, 6) is 0.141. The van der Waals surface area contributed by atoms with Gasteiger partial charge in [0.05, 0.1) is 0 Å². The first kappa shape index (κ1) is 15.8. The second kappa shape index (κ2) is 6.53. The molecule has 16 heavy (non-hydrogen) atoms. The van der Waals surface area contributed by atoms with Crippen molar-refractivity contribution in [3.05, 3.63) is 0 Å². The van der Waals surface area contributed by atoms with E-state index >= 15 is 0 Å². The molecule has 0 aliphatic rings. The highest BCUT2D eigenvalue weighted by molar-refractivity contribution is 7.81. The van der Waals surface area contributed by atoms with Crippen molar-refractivity contribution in [1.82, 2.24) is 5.32 Å². The van der Waals surface area contributed by atoms with Crippen molar-refractivity contribution in [2.45, 2.75) is 65.0 Å². The summed E-state index contributed by atoms with van der Waals surface area (Å²) in [6.07, 6.45) is 4.53. The van der Waals surface area contributed by atoms with Gasteiger partial charge in [0.1, 0.15) is 0 Å². The highest BCUT2D eigenvalue weighted by Crippen LogP contribution is 2.20. The topological polar surface area (TPSA) is 29.1 Å². The van der Waals surface area contributed by atoms with E-state index in [9.17, 15) is 4.79 Å². The maximum atomic E-state index is 11.5. The monoisotopic (exact) mass is 245 g/mol. The molecule has 0 bridgehead atoms. The van der Waals surface area contributed by atoms with E-state index < -0.39 is 0 Å². The van der Waals surface area contributed by atoms with E-state index in [4.69, 9.17) is 0 Å². The number of unbranched alkanes of at least 4 members (excludes halogenated alkanes) is 2. The van der Waals surface area contributed by atoms with E-state index in [1.807, 2.05) is 20.8 Å². The number of nitrogens with one attached hydrogen (secondary N) is 1. The molecule has 0 heterocycles. The summed E-state index contributed by atoms with van der Waals surface area (Å²) in [5.41, 5.74) is -0.271. The van der Waals surface area contributed by atoms with Gasteiger partial charge in [0.2, 0.25) is 5.91 Å². The largest absolute Gasteiger partial charge is 0.356 e. The number of amides is 1. The number of thiol groups is 1. The molecule has 0 radical (unpaired) electrons. The highest BCUT2D eigenvalue weighted by Gasteiger charge is 2.20. The third-order valence-electron chi connectivity index (χ3n) is 2.43. The lowest BCUT2D eigenvalue weighted by Gasteiger charge is -2.18. The second-order valence-electron chi connectivity index (χ2n) is 6.13. The summed E-state index contributed by atoms with van der Waals surface area (Å²) in [4.78, 5) is 11.5. The minimum absolute atomic E-state index is 0.134. The van der Waals surface area contributed by atoms with E-state index in [0.29, 0.717) is 0 Å². The van der Waals surface area contributed by atoms with Gasteiger partial charge in [-0.1, -0.05) is 47.5 Å². The standard InChI is InChI=1S/C13H27NOS/c1-12(2,3)11(15)14-10-8-6-7-9-13(4,5)16/h16H,6-10H2,1-5H3,(H,14,15). The third kappa shape index (κ3) is 9.08. The Morgan fingerprint density at radius 1 is 1.06 bits per heavy atom. The molecule has 0 spiro atoms. The van der Waals surface area contributed by atoms with Gasteiger partial charge in [-0.25, -0.2) is 0 Å². The van der Waals surface area contributed by atoms with Crippen LogP contribution in [-0.4, -0.2) is 17.2 Å². The number of rotatable bonds is 6. The molecule has 1 amide bonds. The minimum Gasteiger partial charge on any atom is -0.356 e. The van der Waals surface area contributed by atoms with Gasteiger partial charge in [0.25, 0.3) is 0 Å². The summed E-state index contributed by atoms with van der Waals surface area (Å²) in [5, 5.41) is 2.96. The molecule has 0 aromatic heterocycles. The van der Waals surface area contributed by atoms with Crippen molar-refractivity contribution in [3.8, 4) is 0 Å². The molecule has 0 saturated carbocycles. The van der Waals surface area contributed by atoms with Crippen LogP contribution in [0.1, 0.15) is 60.3 Å². The average molecular weight is 245 g/mol. The van der Waals surface area contributed by atoms with Crippen LogP contribution in [-0.2, 0) is 4.79 Å². The van der Waals surface area contributed by atoms with Gasteiger partial charge in [0.15, 0.2) is 0 Å². The van der Waals surface area contributed by atoms with Crippen LogP contribution >= 0.6 is 12.6 Å². The molecule has 0 saturated heterocycles. The molecule has 1 N–H and O–H groups in total. The molecule has 0 rings (SSSR count). The van der Waals surface area contributed by atoms with E-state index in [1.165, 1.54) is 6.42 Å². The number of carbonyl (C=O) groups is 1. The number of hydrogen-bond donors (Lipinski definition) is 2. The fourth-order valence-corrected chi connectivity index (χ4v) is 1.48.